The Labute approximate surface area is 153 Å². The zero-order valence-electron chi connectivity index (χ0n) is 15.2. The second-order valence-electron chi connectivity index (χ2n) is 7.39. The van der Waals surface area contributed by atoms with Crippen LogP contribution in [0.1, 0.15) is 26.7 Å². The number of ether oxygens (including phenoxy) is 2. The number of carbonyl (C=O) groups excluding carboxylic acids is 2. The van der Waals surface area contributed by atoms with Crippen LogP contribution in [0.15, 0.2) is 35.5 Å². The van der Waals surface area contributed by atoms with E-state index in [0.29, 0.717) is 12.0 Å². The highest BCUT2D eigenvalue weighted by Crippen LogP contribution is 2.51. The lowest BCUT2D eigenvalue weighted by atomic mass is 9.78. The van der Waals surface area contributed by atoms with Gasteiger partial charge in [-0.25, -0.2) is 9.59 Å². The fourth-order valence-corrected chi connectivity index (χ4v) is 4.71. The SMILES string of the molecule is C=C1C(=O)O[C@@H]2[C@H]3C(C)=CC[C@H]3[C@@H](CO)CC(OC(=O)/C(=C/C)CO)[C@@H]12. The molecular weight excluding hydrogens is 336 g/mol. The molecule has 2 N–H and O–H groups in total. The molecule has 0 aromatic rings. The molecule has 2 aliphatic carbocycles. The van der Waals surface area contributed by atoms with Crippen LogP contribution in [-0.2, 0) is 19.1 Å². The number of hydrogen-bond donors (Lipinski definition) is 2. The second-order valence-corrected chi connectivity index (χ2v) is 7.39. The maximum Gasteiger partial charge on any atom is 0.336 e. The molecule has 0 bridgehead atoms. The van der Waals surface area contributed by atoms with Gasteiger partial charge in [-0.2, -0.15) is 0 Å². The van der Waals surface area contributed by atoms with Crippen molar-refractivity contribution in [3.63, 3.8) is 0 Å². The number of allylic oxidation sites excluding steroid dienone is 2. The predicted molar refractivity (Wildman–Crippen MR) is 93.8 cm³/mol. The zero-order chi connectivity index (χ0) is 19.0. The fourth-order valence-electron chi connectivity index (χ4n) is 4.71. The molecule has 6 atom stereocenters. The Bertz CT molecular complexity index is 676. The second kappa shape index (κ2) is 7.37. The zero-order valence-corrected chi connectivity index (χ0v) is 15.2. The predicted octanol–water partition coefficient (Wildman–Crippen LogP) is 1.53. The minimum Gasteiger partial charge on any atom is -0.458 e. The molecule has 1 saturated heterocycles. The summed E-state index contributed by atoms with van der Waals surface area (Å²) in [6.45, 7) is 7.11. The number of fused-ring (bicyclic) bond motifs is 3. The molecule has 2 fully saturated rings. The van der Waals surface area contributed by atoms with Crippen LogP contribution in [0.25, 0.3) is 0 Å². The van der Waals surface area contributed by atoms with E-state index in [1.807, 2.05) is 6.92 Å². The van der Waals surface area contributed by atoms with Gasteiger partial charge < -0.3 is 19.7 Å². The molecule has 0 amide bonds. The standard InChI is InChI=1S/C20H26O6/c1-4-12(8-21)20(24)25-15-7-13(9-22)14-6-5-10(2)16(14)18-17(15)11(3)19(23)26-18/h4-5,13-18,21-22H,3,6-9H2,1-2H3/b12-4+/t13-,14+,15?,16+,17-,18-/m1/s1. The highest BCUT2D eigenvalue weighted by atomic mass is 16.6. The van der Waals surface area contributed by atoms with Crippen molar-refractivity contribution in [1.82, 2.24) is 0 Å². The summed E-state index contributed by atoms with van der Waals surface area (Å²) in [5.74, 6) is -1.41. The van der Waals surface area contributed by atoms with Crippen molar-refractivity contribution in [3.05, 3.63) is 35.5 Å². The van der Waals surface area contributed by atoms with E-state index in [2.05, 4.69) is 12.7 Å². The van der Waals surface area contributed by atoms with Crippen molar-refractivity contribution in [2.24, 2.45) is 23.7 Å². The summed E-state index contributed by atoms with van der Waals surface area (Å²) in [6.07, 6.45) is 3.84. The van der Waals surface area contributed by atoms with E-state index in [1.165, 1.54) is 6.08 Å². The maximum absolute atomic E-state index is 12.4. The largest absolute Gasteiger partial charge is 0.458 e. The topological polar surface area (TPSA) is 93.1 Å². The third-order valence-electron chi connectivity index (χ3n) is 6.13. The molecule has 0 aromatic carbocycles. The molecule has 26 heavy (non-hydrogen) atoms. The van der Waals surface area contributed by atoms with Crippen LogP contribution >= 0.6 is 0 Å². The van der Waals surface area contributed by atoms with E-state index >= 15 is 0 Å². The Morgan fingerprint density at radius 2 is 2.15 bits per heavy atom. The van der Waals surface area contributed by atoms with Gasteiger partial charge in [0.05, 0.1) is 18.1 Å². The summed E-state index contributed by atoms with van der Waals surface area (Å²) in [4.78, 5) is 24.6. The summed E-state index contributed by atoms with van der Waals surface area (Å²) in [5, 5.41) is 19.3. The Balaban J connectivity index is 1.96. The summed E-state index contributed by atoms with van der Waals surface area (Å²) in [5.41, 5.74) is 1.62. The van der Waals surface area contributed by atoms with Crippen LogP contribution in [0.3, 0.4) is 0 Å². The minimum atomic E-state index is -0.622. The maximum atomic E-state index is 12.4. The van der Waals surface area contributed by atoms with Gasteiger partial charge in [0.2, 0.25) is 0 Å². The Kier molecular flexibility index (Phi) is 5.34. The van der Waals surface area contributed by atoms with Gasteiger partial charge >= 0.3 is 11.9 Å². The number of rotatable bonds is 4. The first kappa shape index (κ1) is 18.9. The molecule has 0 spiro atoms. The van der Waals surface area contributed by atoms with Gasteiger partial charge in [0.15, 0.2) is 0 Å². The fraction of sp³-hybridized carbons (Fsp3) is 0.600. The summed E-state index contributed by atoms with van der Waals surface area (Å²) >= 11 is 0. The van der Waals surface area contributed by atoms with Crippen molar-refractivity contribution in [2.75, 3.05) is 13.2 Å². The molecule has 1 unspecified atom stereocenters. The van der Waals surface area contributed by atoms with Crippen LogP contribution in [0.4, 0.5) is 0 Å². The smallest absolute Gasteiger partial charge is 0.336 e. The van der Waals surface area contributed by atoms with Gasteiger partial charge in [-0.1, -0.05) is 24.3 Å². The number of hydrogen-bond acceptors (Lipinski definition) is 6. The van der Waals surface area contributed by atoms with Crippen LogP contribution in [0, 0.1) is 23.7 Å². The van der Waals surface area contributed by atoms with Gasteiger partial charge in [0.25, 0.3) is 0 Å². The highest BCUT2D eigenvalue weighted by Gasteiger charge is 2.55. The molecule has 6 heteroatoms. The Hall–Kier alpha value is -1.92. The summed E-state index contributed by atoms with van der Waals surface area (Å²) in [6, 6.07) is 0. The van der Waals surface area contributed by atoms with E-state index in [1.54, 1.807) is 6.92 Å². The van der Waals surface area contributed by atoms with E-state index in [0.717, 1.165) is 12.0 Å². The van der Waals surface area contributed by atoms with Crippen LogP contribution < -0.4 is 0 Å². The van der Waals surface area contributed by atoms with Crippen LogP contribution in [0.2, 0.25) is 0 Å². The molecule has 1 heterocycles. The van der Waals surface area contributed by atoms with Gasteiger partial charge in [0.1, 0.15) is 12.2 Å². The van der Waals surface area contributed by atoms with Crippen molar-refractivity contribution < 1.29 is 29.3 Å². The molecule has 1 saturated carbocycles. The molecule has 0 aromatic heterocycles. The van der Waals surface area contributed by atoms with Crippen molar-refractivity contribution in [1.29, 1.82) is 0 Å². The normalized spacial score (nSPS) is 36.8. The summed E-state index contributed by atoms with van der Waals surface area (Å²) in [7, 11) is 0. The highest BCUT2D eigenvalue weighted by molar-refractivity contribution is 5.92. The lowest BCUT2D eigenvalue weighted by Crippen LogP contribution is -2.36. The average molecular weight is 362 g/mol. The number of carbonyl (C=O) groups is 2. The quantitative estimate of drug-likeness (QED) is 0.448. The summed E-state index contributed by atoms with van der Waals surface area (Å²) < 4.78 is 11.3. The van der Waals surface area contributed by atoms with Crippen LogP contribution in [-0.4, -0.2) is 47.6 Å². The van der Waals surface area contributed by atoms with Gasteiger partial charge in [-0.3, -0.25) is 0 Å². The molecule has 3 rings (SSSR count). The molecule has 142 valence electrons. The van der Waals surface area contributed by atoms with Gasteiger partial charge in [-0.05, 0) is 38.5 Å². The molecule has 3 aliphatic rings. The first-order chi connectivity index (χ1) is 12.4. The lowest BCUT2D eigenvalue weighted by Gasteiger charge is -2.29. The molecule has 1 aliphatic heterocycles. The van der Waals surface area contributed by atoms with E-state index < -0.39 is 36.7 Å². The number of aliphatic hydroxyl groups is 2. The Morgan fingerprint density at radius 1 is 1.42 bits per heavy atom. The first-order valence-corrected chi connectivity index (χ1v) is 9.07. The monoisotopic (exact) mass is 362 g/mol. The third-order valence-corrected chi connectivity index (χ3v) is 6.13. The van der Waals surface area contributed by atoms with Gasteiger partial charge in [0, 0.05) is 18.1 Å². The Morgan fingerprint density at radius 3 is 2.77 bits per heavy atom. The minimum absolute atomic E-state index is 0.00285. The average Bonchev–Trinajstić information content (AvgIpc) is 3.08. The number of esters is 2. The lowest BCUT2D eigenvalue weighted by molar-refractivity contribution is -0.149. The van der Waals surface area contributed by atoms with Crippen LogP contribution in [0.5, 0.6) is 0 Å². The van der Waals surface area contributed by atoms with Gasteiger partial charge in [-0.15, -0.1) is 0 Å². The van der Waals surface area contributed by atoms with E-state index in [9.17, 15) is 19.8 Å². The van der Waals surface area contributed by atoms with Crippen molar-refractivity contribution >= 4 is 11.9 Å². The number of aliphatic hydroxyl groups excluding tert-OH is 2. The van der Waals surface area contributed by atoms with E-state index in [4.69, 9.17) is 9.47 Å². The third kappa shape index (κ3) is 3.01. The van der Waals surface area contributed by atoms with E-state index in [-0.39, 0.29) is 29.9 Å². The molecule has 6 nitrogen and oxygen atoms in total. The molecule has 0 radical (unpaired) electrons. The molecular formula is C20H26O6. The first-order valence-electron chi connectivity index (χ1n) is 9.07. The van der Waals surface area contributed by atoms with Crippen molar-refractivity contribution in [3.8, 4) is 0 Å². The van der Waals surface area contributed by atoms with Crippen molar-refractivity contribution in [2.45, 2.75) is 38.9 Å².